The van der Waals surface area contributed by atoms with Crippen molar-refractivity contribution < 1.29 is 22.9 Å². The average molecular weight is 491 g/mol. The van der Waals surface area contributed by atoms with E-state index in [1.54, 1.807) is 31.2 Å². The summed E-state index contributed by atoms with van der Waals surface area (Å²) in [7, 11) is 0. The molecule has 2 aromatic heterocycles. The zero-order valence-electron chi connectivity index (χ0n) is 18.6. The highest BCUT2D eigenvalue weighted by atomic mass is 19.4. The summed E-state index contributed by atoms with van der Waals surface area (Å²) < 4.78 is 42.6. The van der Waals surface area contributed by atoms with Gasteiger partial charge in [0.25, 0.3) is 11.6 Å². The molecule has 0 atom stereocenters. The number of hydrogen-bond acceptors (Lipinski definition) is 5. The number of alkyl halides is 3. The van der Waals surface area contributed by atoms with Gasteiger partial charge in [-0.05, 0) is 35.4 Å². The van der Waals surface area contributed by atoms with Crippen LogP contribution < -0.4 is 5.32 Å². The molecular weight excluding hydrogens is 475 g/mol. The van der Waals surface area contributed by atoms with Gasteiger partial charge in [-0.25, -0.2) is 9.50 Å². The van der Waals surface area contributed by atoms with Gasteiger partial charge in [0, 0.05) is 23.4 Å². The number of aryl methyl sites for hydroxylation is 1. The molecule has 0 unspecified atom stereocenters. The largest absolute Gasteiger partial charge is 0.433 e. The van der Waals surface area contributed by atoms with E-state index in [4.69, 9.17) is 0 Å². The average Bonchev–Trinajstić information content (AvgIpc) is 3.27. The van der Waals surface area contributed by atoms with Crippen LogP contribution in [0.5, 0.6) is 0 Å². The molecule has 0 aliphatic heterocycles. The summed E-state index contributed by atoms with van der Waals surface area (Å²) in [6.45, 7) is 1.57. The number of halogens is 3. The van der Waals surface area contributed by atoms with Crippen molar-refractivity contribution in [3.05, 3.63) is 99.9 Å². The topological polar surface area (TPSA) is 102 Å². The first-order chi connectivity index (χ1) is 17.1. The Bertz CT molecular complexity index is 1670. The van der Waals surface area contributed by atoms with Gasteiger partial charge in [-0.1, -0.05) is 42.5 Å². The Morgan fingerprint density at radius 2 is 1.81 bits per heavy atom. The number of fused-ring (bicyclic) bond motifs is 2. The third-order valence-corrected chi connectivity index (χ3v) is 5.74. The van der Waals surface area contributed by atoms with E-state index in [2.05, 4.69) is 15.4 Å². The third kappa shape index (κ3) is 4.00. The first-order valence-electron chi connectivity index (χ1n) is 10.6. The summed E-state index contributed by atoms with van der Waals surface area (Å²) >= 11 is 0. The van der Waals surface area contributed by atoms with Crippen LogP contribution in [0.4, 0.5) is 24.5 Å². The Morgan fingerprint density at radius 3 is 2.53 bits per heavy atom. The molecule has 0 fully saturated rings. The van der Waals surface area contributed by atoms with Crippen LogP contribution in [-0.2, 0) is 6.18 Å². The second-order valence-corrected chi connectivity index (χ2v) is 8.06. The van der Waals surface area contributed by atoms with Crippen LogP contribution >= 0.6 is 0 Å². The SMILES string of the molecule is Cc1cc([N+](=O)[O-])ccc1NC(=O)c1cnn2c(C(F)(F)F)cc(-c3cccc4ccccc34)nc12. The van der Waals surface area contributed by atoms with Crippen LogP contribution in [0.25, 0.3) is 27.7 Å². The Balaban J connectivity index is 1.65. The lowest BCUT2D eigenvalue weighted by atomic mass is 10.0. The highest BCUT2D eigenvalue weighted by Crippen LogP contribution is 2.35. The molecule has 180 valence electrons. The van der Waals surface area contributed by atoms with Crippen molar-refractivity contribution in [2.24, 2.45) is 0 Å². The number of nitro groups is 1. The number of aromatic nitrogens is 3. The summed E-state index contributed by atoms with van der Waals surface area (Å²) in [5.41, 5.74) is -0.503. The normalized spacial score (nSPS) is 11.7. The standard InChI is InChI=1S/C25H16F3N5O3/c1-14-11-16(33(35)36)9-10-20(14)31-24(34)19-13-29-32-22(25(26,27)28)12-21(30-23(19)32)18-8-4-6-15-5-2-3-7-17(15)18/h2-13H,1H3,(H,31,34). The summed E-state index contributed by atoms with van der Waals surface area (Å²) in [6.07, 6.45) is -3.75. The number of benzene rings is 3. The van der Waals surface area contributed by atoms with Crippen LogP contribution in [0, 0.1) is 17.0 Å². The van der Waals surface area contributed by atoms with Crippen molar-refractivity contribution in [2.75, 3.05) is 5.32 Å². The molecule has 1 N–H and O–H groups in total. The molecule has 0 saturated carbocycles. The van der Waals surface area contributed by atoms with Crippen molar-refractivity contribution in [3.8, 4) is 11.3 Å². The number of nitro benzene ring substituents is 1. The van der Waals surface area contributed by atoms with Gasteiger partial charge in [0.05, 0.1) is 16.8 Å². The Kier molecular flexibility index (Phi) is 5.39. The van der Waals surface area contributed by atoms with Crippen molar-refractivity contribution in [2.45, 2.75) is 13.1 Å². The quantitative estimate of drug-likeness (QED) is 0.244. The maximum Gasteiger partial charge on any atom is 0.433 e. The number of amides is 1. The van der Waals surface area contributed by atoms with Gasteiger partial charge in [0.15, 0.2) is 11.3 Å². The lowest BCUT2D eigenvalue weighted by Gasteiger charge is -2.13. The fraction of sp³-hybridized carbons (Fsp3) is 0.0800. The smallest absolute Gasteiger partial charge is 0.322 e. The Morgan fingerprint density at radius 1 is 1.06 bits per heavy atom. The van der Waals surface area contributed by atoms with Crippen molar-refractivity contribution in [1.82, 2.24) is 14.6 Å². The Hall–Kier alpha value is -4.80. The number of nitrogens with zero attached hydrogens (tertiary/aromatic N) is 4. The molecule has 2 heterocycles. The van der Waals surface area contributed by atoms with Crippen LogP contribution in [0.15, 0.2) is 72.9 Å². The fourth-order valence-corrected chi connectivity index (χ4v) is 4.00. The molecule has 0 aliphatic rings. The molecule has 5 aromatic rings. The number of nitrogens with one attached hydrogen (secondary N) is 1. The highest BCUT2D eigenvalue weighted by Gasteiger charge is 2.36. The lowest BCUT2D eigenvalue weighted by molar-refractivity contribution is -0.384. The highest BCUT2D eigenvalue weighted by molar-refractivity contribution is 6.08. The Labute approximate surface area is 201 Å². The van der Waals surface area contributed by atoms with Gasteiger partial charge < -0.3 is 5.32 Å². The van der Waals surface area contributed by atoms with E-state index in [9.17, 15) is 28.1 Å². The summed E-state index contributed by atoms with van der Waals surface area (Å²) in [6, 6.07) is 17.2. The van der Waals surface area contributed by atoms with E-state index in [1.807, 2.05) is 18.2 Å². The second kappa shape index (κ2) is 8.45. The van der Waals surface area contributed by atoms with Gasteiger partial charge in [0.1, 0.15) is 5.56 Å². The number of rotatable bonds is 4. The first-order valence-corrected chi connectivity index (χ1v) is 10.6. The molecular formula is C25H16F3N5O3. The van der Waals surface area contributed by atoms with Crippen LogP contribution in [-0.4, -0.2) is 25.4 Å². The van der Waals surface area contributed by atoms with E-state index < -0.39 is 22.7 Å². The number of carbonyl (C=O) groups excluding carboxylic acids is 1. The van der Waals surface area contributed by atoms with Gasteiger partial charge >= 0.3 is 6.18 Å². The number of hydrogen-bond donors (Lipinski definition) is 1. The number of anilines is 1. The van der Waals surface area contributed by atoms with Gasteiger partial charge in [0.2, 0.25) is 0 Å². The molecule has 3 aromatic carbocycles. The molecule has 36 heavy (non-hydrogen) atoms. The summed E-state index contributed by atoms with van der Waals surface area (Å²) in [4.78, 5) is 27.9. The monoisotopic (exact) mass is 491 g/mol. The second-order valence-electron chi connectivity index (χ2n) is 8.06. The molecule has 8 nitrogen and oxygen atoms in total. The summed E-state index contributed by atoms with van der Waals surface area (Å²) in [5.74, 6) is -0.752. The molecule has 5 rings (SSSR count). The molecule has 0 bridgehead atoms. The molecule has 0 radical (unpaired) electrons. The van der Waals surface area contributed by atoms with Gasteiger partial charge in [-0.3, -0.25) is 14.9 Å². The zero-order valence-corrected chi connectivity index (χ0v) is 18.6. The number of non-ortho nitro benzene ring substituents is 1. The zero-order chi connectivity index (χ0) is 25.6. The lowest BCUT2D eigenvalue weighted by Crippen LogP contribution is -2.16. The van der Waals surface area contributed by atoms with Gasteiger partial charge in [-0.2, -0.15) is 18.3 Å². The fourth-order valence-electron chi connectivity index (χ4n) is 4.00. The predicted octanol–water partition coefficient (Wildman–Crippen LogP) is 6.04. The van der Waals surface area contributed by atoms with Crippen LogP contribution in [0.3, 0.4) is 0 Å². The predicted molar refractivity (Wildman–Crippen MR) is 127 cm³/mol. The molecule has 0 aliphatic carbocycles. The van der Waals surface area contributed by atoms with E-state index in [0.29, 0.717) is 21.0 Å². The molecule has 0 saturated heterocycles. The van der Waals surface area contributed by atoms with Crippen LogP contribution in [0.2, 0.25) is 0 Å². The summed E-state index contributed by atoms with van der Waals surface area (Å²) in [5, 5.41) is 18.9. The first kappa shape index (κ1) is 23.0. The minimum atomic E-state index is -4.77. The minimum absolute atomic E-state index is 0.0349. The van der Waals surface area contributed by atoms with E-state index in [-0.39, 0.29) is 28.3 Å². The maximum atomic E-state index is 14.0. The van der Waals surface area contributed by atoms with Crippen molar-refractivity contribution in [1.29, 1.82) is 0 Å². The third-order valence-electron chi connectivity index (χ3n) is 5.74. The van der Waals surface area contributed by atoms with E-state index in [0.717, 1.165) is 17.6 Å². The maximum absolute atomic E-state index is 14.0. The van der Waals surface area contributed by atoms with Crippen molar-refractivity contribution in [3.63, 3.8) is 0 Å². The van der Waals surface area contributed by atoms with Gasteiger partial charge in [-0.15, -0.1) is 0 Å². The van der Waals surface area contributed by atoms with E-state index in [1.165, 1.54) is 18.2 Å². The minimum Gasteiger partial charge on any atom is -0.322 e. The van der Waals surface area contributed by atoms with Crippen LogP contribution in [0.1, 0.15) is 21.6 Å². The van der Waals surface area contributed by atoms with E-state index >= 15 is 0 Å². The van der Waals surface area contributed by atoms with Crippen molar-refractivity contribution >= 4 is 33.7 Å². The molecule has 0 spiro atoms. The number of carbonyl (C=O) groups is 1. The molecule has 1 amide bonds. The molecule has 11 heteroatoms.